The number of anilines is 1. The molecule has 2 aromatic heterocycles. The minimum Gasteiger partial charge on any atom is -0.461 e. The molecule has 13 heteroatoms. The number of carbonyl (C=O) groups excluding carboxylic acids is 3. The first-order valence-corrected chi connectivity index (χ1v) is 14.0. The van der Waals surface area contributed by atoms with Crippen LogP contribution in [0.3, 0.4) is 0 Å². The van der Waals surface area contributed by atoms with E-state index in [1.165, 1.54) is 35.2 Å². The van der Waals surface area contributed by atoms with Crippen LogP contribution in [-0.2, 0) is 18.9 Å². The Morgan fingerprint density at radius 2 is 1.46 bits per heavy atom. The summed E-state index contributed by atoms with van der Waals surface area (Å²) in [5.41, 5.74) is 4.37. The third-order valence-corrected chi connectivity index (χ3v) is 7.20. The number of ether oxygens (including phenoxy) is 4. The number of nitrogens with zero attached hydrogens (tertiary/aromatic N) is 4. The van der Waals surface area contributed by atoms with Crippen molar-refractivity contribution >= 4 is 46.6 Å². The molecule has 12 nitrogen and oxygen atoms in total. The van der Waals surface area contributed by atoms with Crippen molar-refractivity contribution in [1.82, 2.24) is 19.5 Å². The van der Waals surface area contributed by atoms with E-state index in [0.717, 1.165) is 6.26 Å². The lowest BCUT2D eigenvalue weighted by Crippen LogP contribution is -2.49. The van der Waals surface area contributed by atoms with E-state index in [1.807, 2.05) is 0 Å². The maximum absolute atomic E-state index is 13.6. The molecule has 228 valence electrons. The molecule has 5 aromatic rings. The molecule has 0 saturated carbocycles. The Labute approximate surface area is 266 Å². The van der Waals surface area contributed by atoms with Crippen molar-refractivity contribution in [3.8, 4) is 12.3 Å². The van der Waals surface area contributed by atoms with Gasteiger partial charge in [0.15, 0.2) is 16.6 Å². The summed E-state index contributed by atoms with van der Waals surface area (Å²) in [5, 5.41) is -0.0635. The molecule has 0 bridgehead atoms. The number of rotatable bonds is 7. The number of hydrogen-bond acceptors (Lipinski definition) is 11. The molecule has 0 aliphatic carbocycles. The van der Waals surface area contributed by atoms with Gasteiger partial charge in [-0.2, -0.15) is 9.97 Å². The molecular formula is C33H22ClN5O7. The third kappa shape index (κ3) is 5.58. The Kier molecular flexibility index (Phi) is 8.07. The number of hydrogen-bond donors (Lipinski definition) is 1. The zero-order valence-corrected chi connectivity index (χ0v) is 24.4. The Balaban J connectivity index is 1.51. The number of esters is 3. The summed E-state index contributed by atoms with van der Waals surface area (Å²) in [7, 11) is 0. The molecule has 0 amide bonds. The summed E-state index contributed by atoms with van der Waals surface area (Å²) in [5.74, 6) is -0.418. The van der Waals surface area contributed by atoms with Crippen molar-refractivity contribution in [3.05, 3.63) is 131 Å². The van der Waals surface area contributed by atoms with Crippen LogP contribution >= 0.6 is 11.6 Å². The summed E-state index contributed by atoms with van der Waals surface area (Å²) in [6, 6.07) is 24.2. The number of fused-ring (bicyclic) bond motifs is 1. The molecular weight excluding hydrogens is 614 g/mol. The summed E-state index contributed by atoms with van der Waals surface area (Å²) < 4.78 is 24.9. The van der Waals surface area contributed by atoms with Crippen molar-refractivity contribution in [2.45, 2.75) is 17.9 Å². The Morgan fingerprint density at radius 3 is 2.04 bits per heavy atom. The number of nitrogen functional groups attached to an aromatic ring is 1. The lowest BCUT2D eigenvalue weighted by atomic mass is 9.95. The first kappa shape index (κ1) is 29.9. The molecule has 3 atom stereocenters. The topological polar surface area (TPSA) is 158 Å². The first-order valence-electron chi connectivity index (χ1n) is 13.6. The highest BCUT2D eigenvalue weighted by Crippen LogP contribution is 2.46. The van der Waals surface area contributed by atoms with Gasteiger partial charge >= 0.3 is 17.9 Å². The maximum atomic E-state index is 13.6. The van der Waals surface area contributed by atoms with Gasteiger partial charge in [-0.1, -0.05) is 66.2 Å². The minimum absolute atomic E-state index is 0.0635. The molecule has 6 rings (SSSR count). The largest absolute Gasteiger partial charge is 0.461 e. The predicted octanol–water partition coefficient (Wildman–Crippen LogP) is 4.74. The van der Waals surface area contributed by atoms with Gasteiger partial charge in [-0.25, -0.2) is 19.4 Å². The molecule has 3 aromatic carbocycles. The van der Waals surface area contributed by atoms with Gasteiger partial charge in [0.2, 0.25) is 18.3 Å². The number of aromatic nitrogens is 4. The van der Waals surface area contributed by atoms with Crippen LogP contribution in [0.1, 0.15) is 37.3 Å². The van der Waals surface area contributed by atoms with Crippen LogP contribution in [0.25, 0.3) is 11.2 Å². The van der Waals surface area contributed by atoms with E-state index < -0.39 is 35.8 Å². The standard InChI is InChI=1S/C33H22ClN5O7/c1-2-33(46-30(42)22-16-10-5-11-17-22)25(45-29(41)21-14-8-4-9-15-21)23(18-43-28(40)20-12-6-3-7-13-20)44-31(33)39-19-36-24-26(34)37-32(35)38-27(24)39/h1,3-19,25,31H,(H2,35,37,38)/b23-18+/t25-,31-,33-/m1/s1. The summed E-state index contributed by atoms with van der Waals surface area (Å²) in [4.78, 5) is 52.4. The maximum Gasteiger partial charge on any atom is 0.343 e. The predicted molar refractivity (Wildman–Crippen MR) is 164 cm³/mol. The average molecular weight is 636 g/mol. The van der Waals surface area contributed by atoms with E-state index in [2.05, 4.69) is 20.9 Å². The van der Waals surface area contributed by atoms with E-state index in [1.54, 1.807) is 66.7 Å². The fraction of sp³-hybridized carbons (Fsp3) is 0.0909. The fourth-order valence-electron chi connectivity index (χ4n) is 4.76. The van der Waals surface area contributed by atoms with Gasteiger partial charge in [-0.15, -0.1) is 6.42 Å². The SMILES string of the molecule is C#C[C@@]1(OC(=O)c2ccccc2)[C@H](OC(=O)c2ccccc2)/C(=C\OC(=O)c2ccccc2)O[C@H]1n1cnc2c(Cl)nc(N)nc21. The van der Waals surface area contributed by atoms with Crippen molar-refractivity contribution in [1.29, 1.82) is 0 Å². The Bertz CT molecular complexity index is 2010. The number of imidazole rings is 1. The highest BCUT2D eigenvalue weighted by Gasteiger charge is 2.62. The van der Waals surface area contributed by atoms with Crippen LogP contribution in [0, 0.1) is 12.3 Å². The number of nitrogens with two attached hydrogens (primary N) is 1. The van der Waals surface area contributed by atoms with Crippen molar-refractivity contribution in [2.24, 2.45) is 0 Å². The number of halogens is 1. The second-order valence-electron chi connectivity index (χ2n) is 9.80. The molecule has 0 radical (unpaired) electrons. The highest BCUT2D eigenvalue weighted by molar-refractivity contribution is 6.33. The Hall–Kier alpha value is -6.19. The molecule has 1 fully saturated rings. The van der Waals surface area contributed by atoms with Crippen LogP contribution in [-0.4, -0.2) is 49.1 Å². The fourth-order valence-corrected chi connectivity index (χ4v) is 4.98. The number of benzene rings is 3. The van der Waals surface area contributed by atoms with Crippen LogP contribution < -0.4 is 5.73 Å². The third-order valence-electron chi connectivity index (χ3n) is 6.93. The molecule has 46 heavy (non-hydrogen) atoms. The number of terminal acetylenes is 1. The van der Waals surface area contributed by atoms with Crippen molar-refractivity contribution in [3.63, 3.8) is 0 Å². The molecule has 0 unspecified atom stereocenters. The first-order chi connectivity index (χ1) is 22.3. The summed E-state index contributed by atoms with van der Waals surface area (Å²) >= 11 is 6.28. The van der Waals surface area contributed by atoms with Crippen LogP contribution in [0.15, 0.2) is 109 Å². The molecule has 1 saturated heterocycles. The second-order valence-corrected chi connectivity index (χ2v) is 10.2. The van der Waals surface area contributed by atoms with Gasteiger partial charge in [0, 0.05) is 0 Å². The van der Waals surface area contributed by atoms with E-state index in [9.17, 15) is 14.4 Å². The van der Waals surface area contributed by atoms with E-state index in [4.69, 9.17) is 42.7 Å². The van der Waals surface area contributed by atoms with Crippen molar-refractivity contribution in [2.75, 3.05) is 5.73 Å². The summed E-state index contributed by atoms with van der Waals surface area (Å²) in [6.07, 6.45) is 5.21. The molecule has 0 spiro atoms. The number of carbonyl (C=O) groups is 3. The van der Waals surface area contributed by atoms with Gasteiger partial charge in [0.1, 0.15) is 18.1 Å². The lowest BCUT2D eigenvalue weighted by molar-refractivity contribution is -0.0844. The molecule has 1 aliphatic rings. The zero-order valence-electron chi connectivity index (χ0n) is 23.6. The Morgan fingerprint density at radius 1 is 0.891 bits per heavy atom. The van der Waals surface area contributed by atoms with Crippen LogP contribution in [0.4, 0.5) is 5.95 Å². The van der Waals surface area contributed by atoms with Crippen LogP contribution in [0.5, 0.6) is 0 Å². The smallest absolute Gasteiger partial charge is 0.343 e. The van der Waals surface area contributed by atoms with E-state index >= 15 is 0 Å². The monoisotopic (exact) mass is 635 g/mol. The quantitative estimate of drug-likeness (QED) is 0.0865. The highest BCUT2D eigenvalue weighted by atomic mass is 35.5. The zero-order chi connectivity index (χ0) is 32.3. The van der Waals surface area contributed by atoms with Crippen LogP contribution in [0.2, 0.25) is 5.15 Å². The van der Waals surface area contributed by atoms with Gasteiger partial charge in [0.25, 0.3) is 5.60 Å². The van der Waals surface area contributed by atoms with Crippen molar-refractivity contribution < 1.29 is 33.3 Å². The second kappa shape index (κ2) is 12.4. The summed E-state index contributed by atoms with van der Waals surface area (Å²) in [6.45, 7) is 0. The molecule has 3 heterocycles. The van der Waals surface area contributed by atoms with E-state index in [-0.39, 0.29) is 44.7 Å². The van der Waals surface area contributed by atoms with E-state index in [0.29, 0.717) is 0 Å². The van der Waals surface area contributed by atoms with Gasteiger partial charge in [-0.05, 0) is 42.3 Å². The van der Waals surface area contributed by atoms with Gasteiger partial charge < -0.3 is 24.7 Å². The average Bonchev–Trinajstić information content (AvgIpc) is 3.63. The molecule has 2 N–H and O–H groups in total. The van der Waals surface area contributed by atoms with Gasteiger partial charge in [0.05, 0.1) is 16.7 Å². The minimum atomic E-state index is -2.23. The molecule has 1 aliphatic heterocycles. The van der Waals surface area contributed by atoms with Gasteiger partial charge in [-0.3, -0.25) is 4.57 Å². The lowest BCUT2D eigenvalue weighted by Gasteiger charge is -2.31. The normalized spacial score (nSPS) is 19.6.